The molecule has 0 bridgehead atoms. The lowest BCUT2D eigenvalue weighted by atomic mass is 9.92. The van der Waals surface area contributed by atoms with Gasteiger partial charge in [-0.15, -0.1) is 11.6 Å². The number of aliphatic hydroxyl groups excluding tert-OH is 2. The number of allylic oxidation sites excluding steroid dienone is 2. The average Bonchev–Trinajstić information content (AvgIpc) is 2.96. The van der Waals surface area contributed by atoms with Crippen LogP contribution in [0.15, 0.2) is 36.4 Å². The molecule has 158 valence electrons. The number of hydrogen-bond acceptors (Lipinski definition) is 3. The molecule has 28 heavy (non-hydrogen) atoms. The minimum Gasteiger partial charge on any atom is -0.493 e. The highest BCUT2D eigenvalue weighted by atomic mass is 35.5. The summed E-state index contributed by atoms with van der Waals surface area (Å²) < 4.78 is 5.98. The van der Waals surface area contributed by atoms with Gasteiger partial charge in [0, 0.05) is 11.3 Å². The van der Waals surface area contributed by atoms with Gasteiger partial charge in [-0.3, -0.25) is 0 Å². The zero-order chi connectivity index (χ0) is 20.4. The van der Waals surface area contributed by atoms with Crippen LogP contribution in [0.25, 0.3) is 0 Å². The topological polar surface area (TPSA) is 49.7 Å². The first-order valence-corrected chi connectivity index (χ1v) is 11.4. The molecular weight excluding hydrogens is 372 g/mol. The highest BCUT2D eigenvalue weighted by Crippen LogP contribution is 2.39. The molecule has 1 aromatic carbocycles. The third kappa shape index (κ3) is 7.09. The van der Waals surface area contributed by atoms with Gasteiger partial charge in [-0.1, -0.05) is 63.8 Å². The van der Waals surface area contributed by atoms with Gasteiger partial charge in [0.1, 0.15) is 5.75 Å². The summed E-state index contributed by atoms with van der Waals surface area (Å²) >= 11 is 6.49. The Bertz CT molecular complexity index is 572. The molecule has 2 rings (SSSR count). The van der Waals surface area contributed by atoms with Gasteiger partial charge in [0.2, 0.25) is 0 Å². The van der Waals surface area contributed by atoms with Crippen molar-refractivity contribution < 1.29 is 14.9 Å². The zero-order valence-electron chi connectivity index (χ0n) is 17.4. The van der Waals surface area contributed by atoms with Gasteiger partial charge in [-0.25, -0.2) is 0 Å². The van der Waals surface area contributed by atoms with Crippen molar-refractivity contribution in [1.82, 2.24) is 0 Å². The van der Waals surface area contributed by atoms with E-state index in [0.717, 1.165) is 56.3 Å². The fraction of sp³-hybridized carbons (Fsp3) is 0.667. The van der Waals surface area contributed by atoms with E-state index in [0.29, 0.717) is 13.0 Å². The fourth-order valence-corrected chi connectivity index (χ4v) is 4.43. The Morgan fingerprint density at radius 1 is 1.11 bits per heavy atom. The Kier molecular flexibility index (Phi) is 10.4. The van der Waals surface area contributed by atoms with E-state index in [2.05, 4.69) is 26.0 Å². The first-order valence-electron chi connectivity index (χ1n) is 10.9. The Hall–Kier alpha value is -1.03. The molecule has 0 heterocycles. The van der Waals surface area contributed by atoms with Crippen molar-refractivity contribution in [3.8, 4) is 5.75 Å². The maximum absolute atomic E-state index is 10.4. The molecule has 1 aliphatic rings. The van der Waals surface area contributed by atoms with Crippen LogP contribution in [0, 0.1) is 11.8 Å². The number of unbranched alkanes of at least 4 members (excludes halogenated alkanes) is 3. The summed E-state index contributed by atoms with van der Waals surface area (Å²) in [6.07, 6.45) is 11.5. The molecule has 3 nitrogen and oxygen atoms in total. The van der Waals surface area contributed by atoms with Crippen LogP contribution in [-0.2, 0) is 0 Å². The molecule has 1 aliphatic carbocycles. The van der Waals surface area contributed by atoms with Gasteiger partial charge in [0.25, 0.3) is 0 Å². The second-order valence-corrected chi connectivity index (χ2v) is 8.59. The maximum Gasteiger partial charge on any atom is 0.119 e. The number of rotatable bonds is 12. The van der Waals surface area contributed by atoms with Crippen molar-refractivity contribution in [2.75, 3.05) is 6.61 Å². The first kappa shape index (κ1) is 23.3. The molecule has 4 heteroatoms. The number of benzene rings is 1. The van der Waals surface area contributed by atoms with Crippen LogP contribution in [0.1, 0.15) is 76.9 Å². The van der Waals surface area contributed by atoms with E-state index >= 15 is 0 Å². The lowest BCUT2D eigenvalue weighted by Crippen LogP contribution is -2.27. The van der Waals surface area contributed by atoms with Crippen molar-refractivity contribution in [3.05, 3.63) is 42.0 Å². The van der Waals surface area contributed by atoms with Gasteiger partial charge >= 0.3 is 0 Å². The molecule has 0 aromatic heterocycles. The molecule has 0 saturated heterocycles. The minimum absolute atomic E-state index is 0.00415. The van der Waals surface area contributed by atoms with Gasteiger partial charge in [0.15, 0.2) is 0 Å². The molecule has 1 saturated carbocycles. The molecule has 2 N–H and O–H groups in total. The predicted octanol–water partition coefficient (Wildman–Crippen LogP) is 6.03. The van der Waals surface area contributed by atoms with Crippen molar-refractivity contribution in [1.29, 1.82) is 0 Å². The molecule has 0 spiro atoms. The molecule has 1 fully saturated rings. The van der Waals surface area contributed by atoms with E-state index in [1.165, 1.54) is 0 Å². The quantitative estimate of drug-likeness (QED) is 0.252. The van der Waals surface area contributed by atoms with Gasteiger partial charge in [-0.2, -0.15) is 0 Å². The standard InChI is InChI=1S/C24H37ClO3/c1-3-5-7-9-10-20-21(24(27)16-22(20)25)17-28-19-14-12-18(13-15-19)23(26)11-8-6-4-2/h7,9,12-15,20-24,26-27H,3-6,8,10-11,16-17H2,1-2H3/b9-7-/t20-,21-,22-,23?,24-/m1/s1. The zero-order valence-corrected chi connectivity index (χ0v) is 18.2. The summed E-state index contributed by atoms with van der Waals surface area (Å²) in [6.45, 7) is 4.80. The van der Waals surface area contributed by atoms with Crippen molar-refractivity contribution in [2.24, 2.45) is 11.8 Å². The van der Waals surface area contributed by atoms with E-state index in [4.69, 9.17) is 16.3 Å². The molecule has 0 aliphatic heterocycles. The predicted molar refractivity (Wildman–Crippen MR) is 117 cm³/mol. The molecule has 5 atom stereocenters. The number of ether oxygens (including phenoxy) is 1. The van der Waals surface area contributed by atoms with Crippen LogP contribution in [0.3, 0.4) is 0 Å². The Labute approximate surface area is 175 Å². The molecule has 0 radical (unpaired) electrons. The number of aliphatic hydroxyl groups is 2. The summed E-state index contributed by atoms with van der Waals surface area (Å²) in [5.74, 6) is 1.06. The SMILES string of the molecule is CCC/C=C\C[C@@H]1[C@@H](COc2ccc(C(O)CCCCC)cc2)[C@H](O)C[C@H]1Cl. The second kappa shape index (κ2) is 12.5. The Morgan fingerprint density at radius 3 is 2.54 bits per heavy atom. The third-order valence-corrected chi connectivity index (χ3v) is 6.30. The smallest absolute Gasteiger partial charge is 0.119 e. The Morgan fingerprint density at radius 2 is 1.86 bits per heavy atom. The van der Waals surface area contributed by atoms with Crippen molar-refractivity contribution >= 4 is 11.6 Å². The average molecular weight is 409 g/mol. The Balaban J connectivity index is 1.87. The highest BCUT2D eigenvalue weighted by molar-refractivity contribution is 6.21. The summed E-state index contributed by atoms with van der Waals surface area (Å²) in [5, 5.41) is 20.7. The number of hydrogen-bond donors (Lipinski definition) is 2. The lowest BCUT2D eigenvalue weighted by Gasteiger charge is -2.22. The van der Waals surface area contributed by atoms with E-state index < -0.39 is 12.2 Å². The highest BCUT2D eigenvalue weighted by Gasteiger charge is 2.41. The maximum atomic E-state index is 10.4. The monoisotopic (exact) mass is 408 g/mol. The number of halogens is 1. The van der Waals surface area contributed by atoms with E-state index in [-0.39, 0.29) is 17.2 Å². The summed E-state index contributed by atoms with van der Waals surface area (Å²) in [7, 11) is 0. The minimum atomic E-state index is -0.410. The van der Waals surface area contributed by atoms with Gasteiger partial charge < -0.3 is 14.9 Å². The normalized spacial score (nSPS) is 26.0. The van der Waals surface area contributed by atoms with Crippen LogP contribution in [0.4, 0.5) is 0 Å². The van der Waals surface area contributed by atoms with Crippen LogP contribution in [0.5, 0.6) is 5.75 Å². The first-order chi connectivity index (χ1) is 13.6. The van der Waals surface area contributed by atoms with E-state index in [1.807, 2.05) is 24.3 Å². The van der Waals surface area contributed by atoms with Crippen LogP contribution >= 0.6 is 11.6 Å². The van der Waals surface area contributed by atoms with Crippen LogP contribution in [-0.4, -0.2) is 28.3 Å². The molecule has 1 unspecified atom stereocenters. The van der Waals surface area contributed by atoms with Crippen molar-refractivity contribution in [3.63, 3.8) is 0 Å². The molecule has 0 amide bonds. The van der Waals surface area contributed by atoms with Crippen LogP contribution in [0.2, 0.25) is 0 Å². The third-order valence-electron chi connectivity index (χ3n) is 5.79. The van der Waals surface area contributed by atoms with Crippen molar-refractivity contribution in [2.45, 2.75) is 82.8 Å². The fourth-order valence-electron chi connectivity index (χ4n) is 3.96. The largest absolute Gasteiger partial charge is 0.493 e. The lowest BCUT2D eigenvalue weighted by molar-refractivity contribution is 0.0807. The summed E-state index contributed by atoms with van der Waals surface area (Å²) in [6, 6.07) is 7.70. The van der Waals surface area contributed by atoms with Crippen LogP contribution < -0.4 is 4.74 Å². The van der Waals surface area contributed by atoms with Gasteiger partial charge in [0.05, 0.1) is 18.8 Å². The molecule has 1 aromatic rings. The second-order valence-electron chi connectivity index (χ2n) is 8.03. The number of alkyl halides is 1. The van der Waals surface area contributed by atoms with Gasteiger partial charge in [-0.05, 0) is 49.3 Å². The van der Waals surface area contributed by atoms with E-state index in [1.54, 1.807) is 0 Å². The van der Waals surface area contributed by atoms with E-state index in [9.17, 15) is 10.2 Å². The summed E-state index contributed by atoms with van der Waals surface area (Å²) in [4.78, 5) is 0. The summed E-state index contributed by atoms with van der Waals surface area (Å²) in [5.41, 5.74) is 0.934. The molecular formula is C24H37ClO3.